The second kappa shape index (κ2) is 5.27. The van der Waals surface area contributed by atoms with E-state index in [0.717, 1.165) is 12.6 Å². The van der Waals surface area contributed by atoms with Gasteiger partial charge < -0.3 is 10.2 Å². The number of hydrogen-bond donors (Lipinski definition) is 1. The number of rotatable bonds is 3. The second-order valence-corrected chi connectivity index (χ2v) is 5.04. The molecule has 21 heavy (non-hydrogen) atoms. The zero-order chi connectivity index (χ0) is 15.8. The molecule has 2 N–H and O–H groups in total. The fourth-order valence-corrected chi connectivity index (χ4v) is 2.54. The summed E-state index contributed by atoms with van der Waals surface area (Å²) in [5, 5.41) is 0. The maximum Gasteiger partial charge on any atom is 0.463 e. The van der Waals surface area contributed by atoms with Gasteiger partial charge in [0.2, 0.25) is 5.91 Å². The van der Waals surface area contributed by atoms with Crippen LogP contribution in [0.15, 0.2) is 10.6 Å². The van der Waals surface area contributed by atoms with Gasteiger partial charge >= 0.3 is 12.1 Å². The summed E-state index contributed by atoms with van der Waals surface area (Å²) in [6, 6.07) is 0. The lowest BCUT2D eigenvalue weighted by Gasteiger charge is -2.27. The molecule has 2 rings (SSSR count). The first-order chi connectivity index (χ1) is 9.64. The summed E-state index contributed by atoms with van der Waals surface area (Å²) in [5.41, 5.74) is 5.23. The van der Waals surface area contributed by atoms with E-state index in [1.165, 1.54) is 0 Å². The number of amides is 1. The molecule has 1 saturated carbocycles. The fraction of sp³-hybridized carbons (Fsp3) is 0.667. The van der Waals surface area contributed by atoms with Gasteiger partial charge in [0.15, 0.2) is 0 Å². The molecular weight excluding hydrogens is 299 g/mol. The van der Waals surface area contributed by atoms with E-state index < -0.39 is 35.7 Å². The lowest BCUT2D eigenvalue weighted by Crippen LogP contribution is -2.34. The van der Waals surface area contributed by atoms with Crippen LogP contribution in [0.4, 0.5) is 22.0 Å². The third-order valence-corrected chi connectivity index (χ3v) is 3.65. The second-order valence-electron chi connectivity index (χ2n) is 5.04. The number of oxazole rings is 1. The Morgan fingerprint density at radius 2 is 1.86 bits per heavy atom. The first-order valence-corrected chi connectivity index (χ1v) is 6.34. The Morgan fingerprint density at radius 1 is 1.24 bits per heavy atom. The summed E-state index contributed by atoms with van der Waals surface area (Å²) in [6.07, 6.45) is -2.64. The van der Waals surface area contributed by atoms with Crippen molar-refractivity contribution in [2.24, 2.45) is 11.7 Å². The van der Waals surface area contributed by atoms with Crippen molar-refractivity contribution in [3.05, 3.63) is 17.8 Å². The summed E-state index contributed by atoms with van der Waals surface area (Å²) >= 11 is 0. The molecule has 1 amide bonds. The third-order valence-electron chi connectivity index (χ3n) is 3.65. The minimum absolute atomic E-state index is 0.155. The van der Waals surface area contributed by atoms with Gasteiger partial charge in [-0.1, -0.05) is 12.8 Å². The van der Waals surface area contributed by atoms with Crippen LogP contribution in [0.3, 0.4) is 0 Å². The average molecular weight is 312 g/mol. The number of hydrogen-bond acceptors (Lipinski definition) is 3. The molecule has 1 aromatic rings. The molecule has 0 aliphatic heterocycles. The summed E-state index contributed by atoms with van der Waals surface area (Å²) < 4.78 is 67.6. The third kappa shape index (κ3) is 2.86. The summed E-state index contributed by atoms with van der Waals surface area (Å²) in [7, 11) is 0. The lowest BCUT2D eigenvalue weighted by molar-refractivity contribution is -0.297. The Kier molecular flexibility index (Phi) is 3.94. The quantitative estimate of drug-likeness (QED) is 0.872. The number of primary amides is 1. The van der Waals surface area contributed by atoms with E-state index in [9.17, 15) is 26.7 Å². The van der Waals surface area contributed by atoms with E-state index in [1.54, 1.807) is 0 Å². The van der Waals surface area contributed by atoms with Crippen molar-refractivity contribution in [1.82, 2.24) is 4.98 Å². The smallest absolute Gasteiger partial charge is 0.440 e. The van der Waals surface area contributed by atoms with Crippen molar-refractivity contribution in [3.8, 4) is 0 Å². The van der Waals surface area contributed by atoms with Crippen LogP contribution in [0.1, 0.15) is 43.3 Å². The van der Waals surface area contributed by atoms with E-state index in [0.29, 0.717) is 19.3 Å². The normalized spacial score (nSPS) is 24.0. The zero-order valence-corrected chi connectivity index (χ0v) is 10.8. The van der Waals surface area contributed by atoms with Crippen LogP contribution in [-0.4, -0.2) is 17.1 Å². The van der Waals surface area contributed by atoms with Gasteiger partial charge in [-0.3, -0.25) is 4.79 Å². The fourth-order valence-electron chi connectivity index (χ4n) is 2.54. The van der Waals surface area contributed by atoms with Crippen molar-refractivity contribution in [1.29, 1.82) is 0 Å². The predicted molar refractivity (Wildman–Crippen MR) is 60.3 cm³/mol. The number of halogens is 5. The lowest BCUT2D eigenvalue weighted by atomic mass is 9.78. The molecule has 2 atom stereocenters. The van der Waals surface area contributed by atoms with Crippen LogP contribution in [-0.2, 0) is 10.7 Å². The largest absolute Gasteiger partial charge is 0.463 e. The number of alkyl halides is 5. The number of carbonyl (C=O) groups excluding carboxylic acids is 1. The minimum atomic E-state index is -5.79. The first kappa shape index (κ1) is 15.7. The molecule has 1 aliphatic carbocycles. The predicted octanol–water partition coefficient (Wildman–Crippen LogP) is 3.09. The van der Waals surface area contributed by atoms with E-state index in [4.69, 9.17) is 5.73 Å². The number of nitrogens with zero attached hydrogens (tertiary/aromatic N) is 1. The molecule has 0 bridgehead atoms. The van der Waals surface area contributed by atoms with Crippen molar-refractivity contribution < 1.29 is 31.2 Å². The van der Waals surface area contributed by atoms with Crippen LogP contribution < -0.4 is 5.73 Å². The summed E-state index contributed by atoms with van der Waals surface area (Å²) in [6.45, 7) is 0. The van der Waals surface area contributed by atoms with Crippen LogP contribution in [0.25, 0.3) is 0 Å². The molecule has 1 fully saturated rings. The Bertz CT molecular complexity index is 526. The highest BCUT2D eigenvalue weighted by Crippen LogP contribution is 2.45. The number of carbonyl (C=O) groups is 1. The van der Waals surface area contributed by atoms with Gasteiger partial charge in [0, 0.05) is 11.8 Å². The Balaban J connectivity index is 2.29. The van der Waals surface area contributed by atoms with Crippen molar-refractivity contribution in [3.63, 3.8) is 0 Å². The van der Waals surface area contributed by atoms with Crippen LogP contribution in [0.5, 0.6) is 0 Å². The molecule has 1 aliphatic rings. The topological polar surface area (TPSA) is 69.1 Å². The van der Waals surface area contributed by atoms with Crippen LogP contribution >= 0.6 is 0 Å². The average Bonchev–Trinajstić information content (AvgIpc) is 2.87. The van der Waals surface area contributed by atoms with Gasteiger partial charge in [0.1, 0.15) is 5.76 Å². The van der Waals surface area contributed by atoms with Gasteiger partial charge in [-0.05, 0) is 12.8 Å². The molecule has 2 unspecified atom stereocenters. The Hall–Kier alpha value is -1.67. The molecule has 0 aromatic carbocycles. The molecule has 1 heterocycles. The van der Waals surface area contributed by atoms with Gasteiger partial charge in [0.05, 0.1) is 6.20 Å². The maximum atomic E-state index is 13.1. The van der Waals surface area contributed by atoms with E-state index >= 15 is 0 Å². The molecule has 0 saturated heterocycles. The summed E-state index contributed by atoms with van der Waals surface area (Å²) in [5.74, 6) is -8.90. The van der Waals surface area contributed by atoms with Gasteiger partial charge in [-0.2, -0.15) is 22.0 Å². The highest BCUT2D eigenvalue weighted by Gasteiger charge is 2.62. The van der Waals surface area contributed by atoms with Gasteiger partial charge in [-0.15, -0.1) is 0 Å². The molecule has 4 nitrogen and oxygen atoms in total. The van der Waals surface area contributed by atoms with Crippen LogP contribution in [0.2, 0.25) is 0 Å². The van der Waals surface area contributed by atoms with Gasteiger partial charge in [-0.25, -0.2) is 4.98 Å². The van der Waals surface area contributed by atoms with Gasteiger partial charge in [0.25, 0.3) is 5.89 Å². The SMILES string of the molecule is NC(=O)C1CCCCC1c1cnc(C(F)(F)C(F)(F)F)o1. The zero-order valence-electron chi connectivity index (χ0n) is 10.8. The monoisotopic (exact) mass is 312 g/mol. The first-order valence-electron chi connectivity index (χ1n) is 6.34. The van der Waals surface area contributed by atoms with E-state index in [2.05, 4.69) is 9.40 Å². The molecule has 118 valence electrons. The molecule has 9 heteroatoms. The molecule has 0 spiro atoms. The highest BCUT2D eigenvalue weighted by atomic mass is 19.4. The van der Waals surface area contributed by atoms with Crippen molar-refractivity contribution in [2.75, 3.05) is 0 Å². The molecule has 1 aromatic heterocycles. The van der Waals surface area contributed by atoms with Crippen molar-refractivity contribution >= 4 is 5.91 Å². The highest BCUT2D eigenvalue weighted by molar-refractivity contribution is 5.77. The molecule has 0 radical (unpaired) electrons. The molecular formula is C12H13F5N2O2. The minimum Gasteiger partial charge on any atom is -0.440 e. The number of aromatic nitrogens is 1. The van der Waals surface area contributed by atoms with Crippen molar-refractivity contribution in [2.45, 2.75) is 43.7 Å². The Labute approximate surface area is 116 Å². The van der Waals surface area contributed by atoms with Crippen LogP contribution in [0, 0.1) is 5.92 Å². The maximum absolute atomic E-state index is 13.1. The standard InChI is InChI=1S/C12H13F5N2O2/c13-11(14,12(15,16)17)10-19-5-8(21-10)6-3-1-2-4-7(6)9(18)20/h5-7H,1-4H2,(H2,18,20). The van der Waals surface area contributed by atoms with E-state index in [1.807, 2.05) is 0 Å². The number of nitrogens with two attached hydrogens (primary N) is 1. The summed E-state index contributed by atoms with van der Waals surface area (Å²) in [4.78, 5) is 14.4. The Morgan fingerprint density at radius 3 is 2.43 bits per heavy atom. The van der Waals surface area contributed by atoms with E-state index in [-0.39, 0.29) is 5.76 Å².